The van der Waals surface area contributed by atoms with E-state index in [4.69, 9.17) is 5.73 Å². The minimum absolute atomic E-state index is 0.155. The summed E-state index contributed by atoms with van der Waals surface area (Å²) < 4.78 is 0. The Morgan fingerprint density at radius 1 is 1.14 bits per heavy atom. The first-order valence-corrected chi connectivity index (χ1v) is 5.78. The summed E-state index contributed by atoms with van der Waals surface area (Å²) in [7, 11) is 0. The molecule has 0 unspecified atom stereocenters. The molecule has 1 saturated heterocycles. The third-order valence-corrected chi connectivity index (χ3v) is 3.80. The summed E-state index contributed by atoms with van der Waals surface area (Å²) in [6.07, 6.45) is 6.83. The highest BCUT2D eigenvalue weighted by molar-refractivity contribution is 5.84. The molecule has 0 bridgehead atoms. The third-order valence-electron chi connectivity index (χ3n) is 3.80. The fourth-order valence-electron chi connectivity index (χ4n) is 2.54. The maximum absolute atomic E-state index is 12.2. The Labute approximate surface area is 85.6 Å². The number of hydrogen-bond acceptors (Lipinski definition) is 2. The summed E-state index contributed by atoms with van der Waals surface area (Å²) in [5, 5.41) is 0. The van der Waals surface area contributed by atoms with Crippen molar-refractivity contribution in [1.82, 2.24) is 4.90 Å². The Morgan fingerprint density at radius 2 is 1.79 bits per heavy atom. The molecule has 3 nitrogen and oxygen atoms in total. The van der Waals surface area contributed by atoms with Crippen LogP contribution < -0.4 is 5.73 Å². The first-order valence-electron chi connectivity index (χ1n) is 5.78. The number of nitrogens with zero attached hydrogens (tertiary/aromatic N) is 1. The van der Waals surface area contributed by atoms with Gasteiger partial charge in [0.05, 0.1) is 5.41 Å². The summed E-state index contributed by atoms with van der Waals surface area (Å²) in [6, 6.07) is 0. The van der Waals surface area contributed by atoms with E-state index < -0.39 is 0 Å². The summed E-state index contributed by atoms with van der Waals surface area (Å²) in [5.41, 5.74) is 5.57. The average molecular weight is 196 g/mol. The maximum atomic E-state index is 12.2. The van der Waals surface area contributed by atoms with Crippen LogP contribution in [-0.2, 0) is 4.79 Å². The van der Waals surface area contributed by atoms with Gasteiger partial charge in [0, 0.05) is 19.6 Å². The van der Waals surface area contributed by atoms with Crippen molar-refractivity contribution in [2.24, 2.45) is 11.1 Å². The number of nitrogens with two attached hydrogens (primary N) is 1. The van der Waals surface area contributed by atoms with Gasteiger partial charge in [0.25, 0.3) is 0 Å². The zero-order chi connectivity index (χ0) is 10.0. The van der Waals surface area contributed by atoms with Gasteiger partial charge in [-0.1, -0.05) is 6.42 Å². The molecule has 80 valence electrons. The zero-order valence-electron chi connectivity index (χ0n) is 8.80. The molecule has 2 aliphatic rings. The third kappa shape index (κ3) is 1.54. The normalized spacial score (nSPS) is 25.6. The van der Waals surface area contributed by atoms with E-state index >= 15 is 0 Å². The van der Waals surface area contributed by atoms with Gasteiger partial charge in [-0.05, 0) is 32.1 Å². The molecule has 0 atom stereocenters. The predicted octanol–water partition coefficient (Wildman–Crippen LogP) is 1.13. The molecule has 3 heteroatoms. The first kappa shape index (κ1) is 9.97. The highest BCUT2D eigenvalue weighted by Crippen LogP contribution is 2.41. The van der Waals surface area contributed by atoms with Crippen molar-refractivity contribution in [3.05, 3.63) is 0 Å². The Morgan fingerprint density at radius 3 is 2.21 bits per heavy atom. The van der Waals surface area contributed by atoms with E-state index in [1.165, 1.54) is 25.7 Å². The molecule has 0 radical (unpaired) electrons. The Kier molecular flexibility index (Phi) is 2.77. The topological polar surface area (TPSA) is 46.3 Å². The fourth-order valence-corrected chi connectivity index (χ4v) is 2.54. The van der Waals surface area contributed by atoms with Crippen molar-refractivity contribution in [2.45, 2.75) is 38.5 Å². The summed E-state index contributed by atoms with van der Waals surface area (Å²) in [4.78, 5) is 14.2. The smallest absolute Gasteiger partial charge is 0.230 e. The van der Waals surface area contributed by atoms with Crippen LogP contribution in [0.25, 0.3) is 0 Å². The van der Waals surface area contributed by atoms with Gasteiger partial charge in [0.1, 0.15) is 0 Å². The van der Waals surface area contributed by atoms with E-state index in [9.17, 15) is 4.79 Å². The van der Waals surface area contributed by atoms with Crippen LogP contribution in [0, 0.1) is 5.41 Å². The highest BCUT2D eigenvalue weighted by Gasteiger charge is 2.45. The highest BCUT2D eigenvalue weighted by atomic mass is 16.2. The maximum Gasteiger partial charge on any atom is 0.230 e. The fraction of sp³-hybridized carbons (Fsp3) is 0.909. The molecule has 0 aromatic carbocycles. The average Bonchev–Trinajstić information content (AvgIpc) is 2.18. The number of amides is 1. The van der Waals surface area contributed by atoms with Gasteiger partial charge < -0.3 is 10.6 Å². The van der Waals surface area contributed by atoms with E-state index in [2.05, 4.69) is 0 Å². The molecule has 1 aliphatic heterocycles. The van der Waals surface area contributed by atoms with Crippen molar-refractivity contribution in [3.63, 3.8) is 0 Å². The van der Waals surface area contributed by atoms with E-state index in [1.807, 2.05) is 4.90 Å². The molecule has 1 amide bonds. The van der Waals surface area contributed by atoms with Crippen LogP contribution in [0.1, 0.15) is 38.5 Å². The number of carbonyl (C=O) groups excluding carboxylic acids is 1. The monoisotopic (exact) mass is 196 g/mol. The predicted molar refractivity (Wildman–Crippen MR) is 55.8 cm³/mol. The first-order chi connectivity index (χ1) is 6.78. The number of piperidine rings is 1. The molecular weight excluding hydrogens is 176 g/mol. The zero-order valence-corrected chi connectivity index (χ0v) is 8.80. The molecule has 14 heavy (non-hydrogen) atoms. The summed E-state index contributed by atoms with van der Waals surface area (Å²) >= 11 is 0. The molecule has 2 fully saturated rings. The molecule has 0 aromatic heterocycles. The van der Waals surface area contributed by atoms with Gasteiger partial charge in [0.2, 0.25) is 5.91 Å². The Bertz CT molecular complexity index is 212. The van der Waals surface area contributed by atoms with Gasteiger partial charge in [-0.2, -0.15) is 0 Å². The largest absolute Gasteiger partial charge is 0.342 e. The van der Waals surface area contributed by atoms with Crippen molar-refractivity contribution in [2.75, 3.05) is 19.6 Å². The van der Waals surface area contributed by atoms with Gasteiger partial charge >= 0.3 is 0 Å². The minimum Gasteiger partial charge on any atom is -0.342 e. The van der Waals surface area contributed by atoms with Crippen LogP contribution in [0.5, 0.6) is 0 Å². The lowest BCUT2D eigenvalue weighted by Gasteiger charge is -2.43. The molecule has 2 N–H and O–H groups in total. The molecule has 1 heterocycles. The number of rotatable bonds is 2. The van der Waals surface area contributed by atoms with Gasteiger partial charge in [0.15, 0.2) is 0 Å². The lowest BCUT2D eigenvalue weighted by molar-refractivity contribution is -0.147. The van der Waals surface area contributed by atoms with Crippen molar-refractivity contribution < 1.29 is 4.79 Å². The quantitative estimate of drug-likeness (QED) is 0.719. The van der Waals surface area contributed by atoms with Crippen LogP contribution in [0.4, 0.5) is 0 Å². The van der Waals surface area contributed by atoms with Crippen LogP contribution in [0.2, 0.25) is 0 Å². The van der Waals surface area contributed by atoms with Crippen LogP contribution in [-0.4, -0.2) is 30.4 Å². The van der Waals surface area contributed by atoms with Gasteiger partial charge in [-0.15, -0.1) is 0 Å². The lowest BCUT2D eigenvalue weighted by Crippen LogP contribution is -2.53. The second-order valence-electron chi connectivity index (χ2n) is 4.69. The van der Waals surface area contributed by atoms with Gasteiger partial charge in [-0.3, -0.25) is 4.79 Å². The summed E-state index contributed by atoms with van der Waals surface area (Å²) in [5.74, 6) is 0.339. The number of likely N-dealkylation sites (tertiary alicyclic amines) is 1. The van der Waals surface area contributed by atoms with Crippen LogP contribution in [0.3, 0.4) is 0 Å². The second-order valence-corrected chi connectivity index (χ2v) is 4.69. The molecular formula is C11H20N2O. The van der Waals surface area contributed by atoms with E-state index in [-0.39, 0.29) is 5.41 Å². The number of carbonyl (C=O) groups is 1. The summed E-state index contributed by atoms with van der Waals surface area (Å²) in [6.45, 7) is 2.46. The molecule has 1 saturated carbocycles. The molecule has 0 spiro atoms. The van der Waals surface area contributed by atoms with Crippen molar-refractivity contribution in [3.8, 4) is 0 Å². The molecule has 2 rings (SSSR count). The Hall–Kier alpha value is -0.570. The number of hydrogen-bond donors (Lipinski definition) is 1. The van der Waals surface area contributed by atoms with Crippen molar-refractivity contribution in [1.29, 1.82) is 0 Å². The molecule has 1 aliphatic carbocycles. The van der Waals surface area contributed by atoms with Gasteiger partial charge in [-0.25, -0.2) is 0 Å². The standard InChI is InChI=1S/C11H20N2O/c12-9-11(5-4-6-11)10(14)13-7-2-1-3-8-13/h1-9,12H2. The van der Waals surface area contributed by atoms with Crippen molar-refractivity contribution >= 4 is 5.91 Å². The van der Waals surface area contributed by atoms with E-state index in [0.717, 1.165) is 25.9 Å². The second kappa shape index (κ2) is 3.89. The van der Waals surface area contributed by atoms with E-state index in [0.29, 0.717) is 12.5 Å². The van der Waals surface area contributed by atoms with E-state index in [1.54, 1.807) is 0 Å². The van der Waals surface area contributed by atoms with Crippen LogP contribution in [0.15, 0.2) is 0 Å². The Balaban J connectivity index is 1.98. The lowest BCUT2D eigenvalue weighted by atomic mass is 9.67. The van der Waals surface area contributed by atoms with Crippen LogP contribution >= 0.6 is 0 Å². The SMILES string of the molecule is NCC1(C(=O)N2CCCCC2)CCC1. The molecule has 0 aromatic rings. The minimum atomic E-state index is -0.155.